The highest BCUT2D eigenvalue weighted by atomic mass is 16.5. The lowest BCUT2D eigenvalue weighted by Crippen LogP contribution is -2.48. The first-order valence-electron chi connectivity index (χ1n) is 9.80. The number of carbonyl (C=O) groups excluding carboxylic acids is 2. The molecule has 0 bridgehead atoms. The van der Waals surface area contributed by atoms with E-state index in [0.29, 0.717) is 32.4 Å². The summed E-state index contributed by atoms with van der Waals surface area (Å²) in [4.78, 5) is 27.0. The van der Waals surface area contributed by atoms with Crippen LogP contribution in [-0.2, 0) is 16.1 Å². The summed E-state index contributed by atoms with van der Waals surface area (Å²) < 4.78 is 5.68. The molecule has 0 saturated carbocycles. The minimum atomic E-state index is -0.479. The van der Waals surface area contributed by atoms with Gasteiger partial charge in [-0.05, 0) is 43.0 Å². The largest absolute Gasteiger partial charge is 0.494 e. The van der Waals surface area contributed by atoms with Crippen LogP contribution in [0.25, 0.3) is 0 Å². The van der Waals surface area contributed by atoms with E-state index in [4.69, 9.17) is 4.74 Å². The van der Waals surface area contributed by atoms with Crippen molar-refractivity contribution in [1.29, 1.82) is 0 Å². The fourth-order valence-electron chi connectivity index (χ4n) is 3.13. The molecule has 2 amide bonds. The first kappa shape index (κ1) is 21.5. The van der Waals surface area contributed by atoms with Crippen LogP contribution in [0.3, 0.4) is 0 Å². The van der Waals surface area contributed by atoms with Gasteiger partial charge in [0, 0.05) is 20.0 Å². The van der Waals surface area contributed by atoms with Gasteiger partial charge in [0.05, 0.1) is 6.61 Å². The Bertz CT molecular complexity index is 761. The van der Waals surface area contributed by atoms with Crippen LogP contribution in [-0.4, -0.2) is 36.4 Å². The Hall–Kier alpha value is -2.82. The third-order valence-electron chi connectivity index (χ3n) is 4.78. The Kier molecular flexibility index (Phi) is 8.53. The molecule has 0 aromatic heterocycles. The fraction of sp³-hybridized carbons (Fsp3) is 0.391. The molecule has 0 fully saturated rings. The maximum Gasteiger partial charge on any atom is 0.242 e. The average Bonchev–Trinajstić information content (AvgIpc) is 2.72. The van der Waals surface area contributed by atoms with Crippen LogP contribution >= 0.6 is 0 Å². The number of carbonyl (C=O) groups is 2. The summed E-state index contributed by atoms with van der Waals surface area (Å²) in [6, 6.07) is 17.0. The van der Waals surface area contributed by atoms with Crippen molar-refractivity contribution in [2.75, 3.05) is 13.7 Å². The third-order valence-corrected chi connectivity index (χ3v) is 4.78. The lowest BCUT2D eigenvalue weighted by atomic mass is 10.1. The number of benzene rings is 2. The lowest BCUT2D eigenvalue weighted by Gasteiger charge is -2.30. The van der Waals surface area contributed by atoms with Gasteiger partial charge in [0.2, 0.25) is 11.8 Å². The minimum Gasteiger partial charge on any atom is -0.494 e. The van der Waals surface area contributed by atoms with Crippen molar-refractivity contribution in [1.82, 2.24) is 10.2 Å². The number of hydrogen-bond donors (Lipinski definition) is 1. The zero-order valence-corrected chi connectivity index (χ0v) is 17.0. The average molecular weight is 383 g/mol. The molecule has 5 heteroatoms. The molecule has 0 aliphatic heterocycles. The van der Waals surface area contributed by atoms with Crippen molar-refractivity contribution in [2.45, 2.75) is 45.7 Å². The summed E-state index contributed by atoms with van der Waals surface area (Å²) in [5.74, 6) is 0.629. The van der Waals surface area contributed by atoms with Crippen LogP contribution in [0.4, 0.5) is 0 Å². The summed E-state index contributed by atoms with van der Waals surface area (Å²) in [6.07, 6.45) is 1.51. The van der Waals surface area contributed by atoms with Gasteiger partial charge in [0.15, 0.2) is 0 Å². The Morgan fingerprint density at radius 1 is 1.07 bits per heavy atom. The topological polar surface area (TPSA) is 58.6 Å². The molecule has 0 spiro atoms. The van der Waals surface area contributed by atoms with E-state index in [1.54, 1.807) is 11.9 Å². The first-order valence-corrected chi connectivity index (χ1v) is 9.80. The second-order valence-corrected chi connectivity index (χ2v) is 6.75. The molecule has 0 aliphatic rings. The van der Waals surface area contributed by atoms with E-state index in [2.05, 4.69) is 5.32 Å². The summed E-state index contributed by atoms with van der Waals surface area (Å²) >= 11 is 0. The number of amides is 2. The van der Waals surface area contributed by atoms with E-state index in [-0.39, 0.29) is 11.8 Å². The molecule has 150 valence electrons. The van der Waals surface area contributed by atoms with Gasteiger partial charge in [-0.3, -0.25) is 9.59 Å². The van der Waals surface area contributed by atoms with Crippen molar-refractivity contribution in [3.8, 4) is 5.75 Å². The smallest absolute Gasteiger partial charge is 0.242 e. The summed E-state index contributed by atoms with van der Waals surface area (Å²) in [7, 11) is 1.61. The molecule has 2 aromatic carbocycles. The molecule has 2 rings (SSSR count). The summed E-state index contributed by atoms with van der Waals surface area (Å²) in [5.41, 5.74) is 2.17. The number of nitrogens with one attached hydrogen (secondary N) is 1. The molecule has 0 aliphatic carbocycles. The van der Waals surface area contributed by atoms with Crippen LogP contribution < -0.4 is 10.1 Å². The monoisotopic (exact) mass is 382 g/mol. The van der Waals surface area contributed by atoms with Crippen LogP contribution in [0.2, 0.25) is 0 Å². The molecule has 1 atom stereocenters. The maximum absolute atomic E-state index is 13.0. The van der Waals surface area contributed by atoms with E-state index < -0.39 is 6.04 Å². The van der Waals surface area contributed by atoms with Crippen molar-refractivity contribution in [2.24, 2.45) is 0 Å². The van der Waals surface area contributed by atoms with Gasteiger partial charge in [-0.2, -0.15) is 0 Å². The van der Waals surface area contributed by atoms with Crippen LogP contribution in [0, 0.1) is 6.92 Å². The lowest BCUT2D eigenvalue weighted by molar-refractivity contribution is -0.141. The summed E-state index contributed by atoms with van der Waals surface area (Å²) in [6.45, 7) is 4.84. The Labute approximate surface area is 167 Å². The third kappa shape index (κ3) is 6.12. The molecule has 28 heavy (non-hydrogen) atoms. The molecule has 0 heterocycles. The minimum absolute atomic E-state index is 0.0321. The second-order valence-electron chi connectivity index (χ2n) is 6.75. The van der Waals surface area contributed by atoms with Crippen LogP contribution in [0.15, 0.2) is 54.6 Å². The number of rotatable bonds is 10. The molecule has 2 aromatic rings. The summed E-state index contributed by atoms with van der Waals surface area (Å²) in [5, 5.41) is 2.68. The van der Waals surface area contributed by atoms with E-state index in [0.717, 1.165) is 16.9 Å². The number of ether oxygens (including phenoxy) is 1. The van der Waals surface area contributed by atoms with E-state index in [1.807, 2.05) is 68.4 Å². The van der Waals surface area contributed by atoms with Gasteiger partial charge in [-0.25, -0.2) is 0 Å². The Balaban J connectivity index is 2.03. The highest BCUT2D eigenvalue weighted by molar-refractivity contribution is 5.87. The Morgan fingerprint density at radius 2 is 1.75 bits per heavy atom. The molecule has 0 unspecified atom stereocenters. The van der Waals surface area contributed by atoms with E-state index in [1.165, 1.54) is 0 Å². The predicted octanol–water partition coefficient (Wildman–Crippen LogP) is 3.71. The fourth-order valence-corrected chi connectivity index (χ4v) is 3.13. The number of nitrogens with zero attached hydrogens (tertiary/aromatic N) is 1. The zero-order chi connectivity index (χ0) is 20.4. The van der Waals surface area contributed by atoms with Crippen LogP contribution in [0.1, 0.15) is 37.3 Å². The van der Waals surface area contributed by atoms with Crippen molar-refractivity contribution in [3.63, 3.8) is 0 Å². The van der Waals surface area contributed by atoms with Crippen molar-refractivity contribution < 1.29 is 14.3 Å². The van der Waals surface area contributed by atoms with Gasteiger partial charge in [-0.1, -0.05) is 49.4 Å². The van der Waals surface area contributed by atoms with Crippen molar-refractivity contribution in [3.05, 3.63) is 65.7 Å². The maximum atomic E-state index is 13.0. The van der Waals surface area contributed by atoms with Gasteiger partial charge >= 0.3 is 0 Å². The van der Waals surface area contributed by atoms with Crippen LogP contribution in [0.5, 0.6) is 5.75 Å². The highest BCUT2D eigenvalue weighted by Gasteiger charge is 2.27. The SMILES string of the molecule is CC[C@H](C(=O)NC)N(Cc1ccccc1C)C(=O)CCCOc1ccccc1. The standard InChI is InChI=1S/C23H30N2O3/c1-4-21(23(27)24-3)25(17-19-12-9-8-11-18(19)2)22(26)15-10-16-28-20-13-6-5-7-14-20/h5-9,11-14,21H,4,10,15-17H2,1-3H3,(H,24,27)/t21-/m1/s1. The number of aryl methyl sites for hydroxylation is 1. The van der Waals surface area contributed by atoms with Gasteiger partial charge < -0.3 is 15.0 Å². The molecular weight excluding hydrogens is 352 g/mol. The predicted molar refractivity (Wildman–Crippen MR) is 111 cm³/mol. The molecule has 0 saturated heterocycles. The normalized spacial score (nSPS) is 11.5. The molecular formula is C23H30N2O3. The quantitative estimate of drug-likeness (QED) is 0.637. The molecule has 5 nitrogen and oxygen atoms in total. The highest BCUT2D eigenvalue weighted by Crippen LogP contribution is 2.17. The Morgan fingerprint density at radius 3 is 2.39 bits per heavy atom. The van der Waals surface area contributed by atoms with E-state index >= 15 is 0 Å². The van der Waals surface area contributed by atoms with E-state index in [9.17, 15) is 9.59 Å². The first-order chi connectivity index (χ1) is 13.6. The number of hydrogen-bond acceptors (Lipinski definition) is 3. The van der Waals surface area contributed by atoms with Gasteiger partial charge in [0.1, 0.15) is 11.8 Å². The van der Waals surface area contributed by atoms with Crippen molar-refractivity contribution >= 4 is 11.8 Å². The van der Waals surface area contributed by atoms with Gasteiger partial charge in [-0.15, -0.1) is 0 Å². The number of para-hydroxylation sites is 1. The zero-order valence-electron chi connectivity index (χ0n) is 17.0. The second kappa shape index (κ2) is 11.1. The molecule has 1 N–H and O–H groups in total. The number of likely N-dealkylation sites (N-methyl/N-ethyl adjacent to an activating group) is 1. The van der Waals surface area contributed by atoms with Gasteiger partial charge in [0.25, 0.3) is 0 Å². The molecule has 0 radical (unpaired) electrons.